The number of rotatable bonds is 21. The summed E-state index contributed by atoms with van der Waals surface area (Å²) in [5.74, 6) is -3.64. The van der Waals surface area contributed by atoms with E-state index in [1.807, 2.05) is 30.3 Å². The smallest absolute Gasteiger partial charge is 0.243 e. The lowest BCUT2D eigenvalue weighted by molar-refractivity contribution is -0.133. The molecule has 228 valence electrons. The summed E-state index contributed by atoms with van der Waals surface area (Å²) >= 11 is 0. The quantitative estimate of drug-likeness (QED) is 0.0401. The molecule has 1 aromatic rings. The van der Waals surface area contributed by atoms with Crippen molar-refractivity contribution in [3.63, 3.8) is 0 Å². The fraction of sp³-hybridized carbons (Fsp3) is 0.538. The fourth-order valence-electron chi connectivity index (χ4n) is 3.81. The van der Waals surface area contributed by atoms with Crippen LogP contribution in [0.2, 0.25) is 0 Å². The molecular weight excluding hydrogens is 534 g/mol. The van der Waals surface area contributed by atoms with Gasteiger partial charge < -0.3 is 33.6 Å². The van der Waals surface area contributed by atoms with Gasteiger partial charge in [0.25, 0.3) is 0 Å². The summed E-state index contributed by atoms with van der Waals surface area (Å²) in [6.45, 7) is 3.08. The third kappa shape index (κ3) is 15.0. The molecule has 0 unspecified atom stereocenters. The summed E-state index contributed by atoms with van der Waals surface area (Å²) in [4.78, 5) is 73.7. The van der Waals surface area contributed by atoms with E-state index in [1.54, 1.807) is 0 Å². The van der Waals surface area contributed by atoms with Gasteiger partial charge in [-0.25, -0.2) is 10.9 Å². The van der Waals surface area contributed by atoms with Crippen LogP contribution in [-0.4, -0.2) is 72.2 Å². The van der Waals surface area contributed by atoms with Crippen LogP contribution in [0.15, 0.2) is 30.3 Å². The first-order chi connectivity index (χ1) is 19.3. The summed E-state index contributed by atoms with van der Waals surface area (Å²) in [6, 6.07) is 5.04. The fourth-order valence-corrected chi connectivity index (χ4v) is 3.81. The van der Waals surface area contributed by atoms with Gasteiger partial charge >= 0.3 is 0 Å². The molecule has 0 fully saturated rings. The molecule has 0 aromatic heterocycles. The molecule has 4 atom stereocenters. The number of carbonyl (C=O) groups is 6. The van der Waals surface area contributed by atoms with E-state index in [9.17, 15) is 28.8 Å². The van der Waals surface area contributed by atoms with Crippen molar-refractivity contribution in [2.24, 2.45) is 22.9 Å². The summed E-state index contributed by atoms with van der Waals surface area (Å²) in [5, 5.41) is 7.78. The Morgan fingerprint density at radius 1 is 0.732 bits per heavy atom. The van der Waals surface area contributed by atoms with E-state index in [4.69, 9.17) is 22.9 Å². The molecule has 41 heavy (non-hydrogen) atoms. The highest BCUT2D eigenvalue weighted by molar-refractivity contribution is 5.95. The van der Waals surface area contributed by atoms with Crippen molar-refractivity contribution in [1.29, 1.82) is 0 Å². The monoisotopic (exact) mass is 577 g/mol. The number of carbonyl (C=O) groups excluding carboxylic acids is 6. The predicted molar refractivity (Wildman–Crippen MR) is 151 cm³/mol. The van der Waals surface area contributed by atoms with E-state index >= 15 is 0 Å². The van der Waals surface area contributed by atoms with E-state index < -0.39 is 60.5 Å². The van der Waals surface area contributed by atoms with Gasteiger partial charge in [0.1, 0.15) is 24.2 Å². The zero-order valence-corrected chi connectivity index (χ0v) is 23.5. The first kappa shape index (κ1) is 35.3. The van der Waals surface area contributed by atoms with Crippen molar-refractivity contribution in [2.75, 3.05) is 6.54 Å². The second-order valence-electron chi connectivity index (χ2n) is 9.72. The Bertz CT molecular complexity index is 1040. The van der Waals surface area contributed by atoms with Gasteiger partial charge in [-0.05, 0) is 51.6 Å². The maximum Gasteiger partial charge on any atom is 0.243 e. The molecule has 4 amide bonds. The van der Waals surface area contributed by atoms with E-state index in [-0.39, 0.29) is 30.8 Å². The molecule has 0 spiro atoms. The van der Waals surface area contributed by atoms with Gasteiger partial charge in [0.2, 0.25) is 23.6 Å². The highest BCUT2D eigenvalue weighted by Crippen LogP contribution is 2.06. The Morgan fingerprint density at radius 2 is 1.29 bits per heavy atom. The number of hydrogen-bond acceptors (Lipinski definition) is 11. The number of nitrogens with one attached hydrogen (secondary N) is 5. The number of hydrogen-bond donors (Lipinski definition) is 9. The van der Waals surface area contributed by atoms with Crippen molar-refractivity contribution >= 4 is 35.2 Å². The number of benzene rings is 1. The number of primary amides is 2. The number of ketones is 2. The third-order valence-electron chi connectivity index (χ3n) is 6.10. The van der Waals surface area contributed by atoms with Crippen LogP contribution in [0.3, 0.4) is 0 Å². The molecule has 15 nitrogen and oxygen atoms in total. The Labute approximate surface area is 239 Å². The average Bonchev–Trinajstić information content (AvgIpc) is 2.88. The van der Waals surface area contributed by atoms with Gasteiger partial charge in [0, 0.05) is 6.42 Å². The topological polar surface area (TPSA) is 267 Å². The minimum Gasteiger partial charge on any atom is -0.370 e. The minimum atomic E-state index is -1.41. The Hall–Kier alpha value is -3.76. The van der Waals surface area contributed by atoms with Gasteiger partial charge in [-0.1, -0.05) is 30.3 Å². The molecule has 15 heteroatoms. The van der Waals surface area contributed by atoms with E-state index in [2.05, 4.69) is 26.8 Å². The molecular formula is C26H43N9O6. The first-order valence-electron chi connectivity index (χ1n) is 13.3. The van der Waals surface area contributed by atoms with Gasteiger partial charge in [0.05, 0.1) is 18.5 Å². The van der Waals surface area contributed by atoms with E-state index in [1.165, 1.54) is 13.8 Å². The van der Waals surface area contributed by atoms with Gasteiger partial charge in [-0.2, -0.15) is 0 Å². The average molecular weight is 578 g/mol. The van der Waals surface area contributed by atoms with Crippen LogP contribution in [0, 0.1) is 0 Å². The maximum absolute atomic E-state index is 13.2. The summed E-state index contributed by atoms with van der Waals surface area (Å²) < 4.78 is 0. The molecule has 0 heterocycles. The number of Topliss-reactive ketones (excluding diaryl/α,β-unsaturated/α-hetero) is 2. The lowest BCUT2D eigenvalue weighted by atomic mass is 10.0. The van der Waals surface area contributed by atoms with Crippen molar-refractivity contribution in [2.45, 2.75) is 82.8 Å². The number of hydrazine groups is 1. The zero-order chi connectivity index (χ0) is 30.9. The highest BCUT2D eigenvalue weighted by Gasteiger charge is 2.30. The Balaban J connectivity index is 2.97. The van der Waals surface area contributed by atoms with Crippen molar-refractivity contribution < 1.29 is 28.8 Å². The third-order valence-corrected chi connectivity index (χ3v) is 6.10. The van der Waals surface area contributed by atoms with Crippen LogP contribution >= 0.6 is 0 Å². The Morgan fingerprint density at radius 3 is 1.83 bits per heavy atom. The molecule has 0 radical (unpaired) electrons. The number of nitrogens with two attached hydrogens (primary N) is 4. The van der Waals surface area contributed by atoms with Crippen molar-refractivity contribution in [3.8, 4) is 0 Å². The standard InChI is InChI=1S/C26H43N9O6/c1-15(36)18(9-6-12-31-26(29)30)32-25(41)21(14-23(28)39)33-24(40)19(10-11-22(27)38)34-35-20(16(2)37)13-17-7-4-3-5-8-17/h3-5,7-8,18-21,26,31,34-35H,6,9-14,29-30H2,1-2H3,(H2,27,38)(H2,28,39)(H,32,41)(H,33,40)/t18-,19-,20-,21-/m0/s1. The van der Waals surface area contributed by atoms with Crippen molar-refractivity contribution in [1.82, 2.24) is 26.8 Å². The van der Waals surface area contributed by atoms with Crippen LogP contribution in [0.4, 0.5) is 0 Å². The zero-order valence-electron chi connectivity index (χ0n) is 23.5. The Kier molecular flexibility index (Phi) is 16.0. The van der Waals surface area contributed by atoms with E-state index in [0.29, 0.717) is 19.4 Å². The molecule has 0 aliphatic carbocycles. The van der Waals surface area contributed by atoms with Gasteiger partial charge in [0.15, 0.2) is 5.78 Å². The molecule has 1 aromatic carbocycles. The highest BCUT2D eigenvalue weighted by atomic mass is 16.2. The molecule has 0 saturated heterocycles. The normalized spacial score (nSPS) is 14.0. The van der Waals surface area contributed by atoms with Crippen LogP contribution < -0.4 is 49.7 Å². The molecule has 13 N–H and O–H groups in total. The van der Waals surface area contributed by atoms with E-state index in [0.717, 1.165) is 5.56 Å². The molecule has 0 saturated carbocycles. The lowest BCUT2D eigenvalue weighted by Gasteiger charge is -2.26. The van der Waals surface area contributed by atoms with Gasteiger partial charge in [-0.3, -0.25) is 34.1 Å². The SMILES string of the molecule is CC(=O)[C@H](Cc1ccccc1)NN[C@@H](CCC(N)=O)C(=O)N[C@@H](CC(N)=O)C(=O)N[C@@H](CCCNC(N)N)C(C)=O. The largest absolute Gasteiger partial charge is 0.370 e. The van der Waals surface area contributed by atoms with Crippen molar-refractivity contribution in [3.05, 3.63) is 35.9 Å². The number of amides is 4. The van der Waals surface area contributed by atoms with Gasteiger partial charge in [-0.15, -0.1) is 0 Å². The molecule has 0 bridgehead atoms. The molecule has 0 aliphatic heterocycles. The second kappa shape index (κ2) is 18.6. The summed E-state index contributed by atoms with van der Waals surface area (Å²) in [7, 11) is 0. The van der Waals surface area contributed by atoms with Crippen LogP contribution in [0.1, 0.15) is 51.5 Å². The lowest BCUT2D eigenvalue weighted by Crippen LogP contribution is -2.59. The molecule has 0 aliphatic rings. The summed E-state index contributed by atoms with van der Waals surface area (Å²) in [5.41, 5.74) is 27.9. The predicted octanol–water partition coefficient (Wildman–Crippen LogP) is -3.08. The minimum absolute atomic E-state index is 0.0820. The second-order valence-corrected chi connectivity index (χ2v) is 9.72. The van der Waals surface area contributed by atoms with Crippen LogP contribution in [0.5, 0.6) is 0 Å². The van der Waals surface area contributed by atoms with Crippen LogP contribution in [-0.2, 0) is 35.2 Å². The maximum atomic E-state index is 13.2. The molecule has 1 rings (SSSR count). The van der Waals surface area contributed by atoms with Crippen LogP contribution in [0.25, 0.3) is 0 Å². The summed E-state index contributed by atoms with van der Waals surface area (Å²) in [6.07, 6.45) is -0.529. The first-order valence-corrected chi connectivity index (χ1v) is 13.3.